The van der Waals surface area contributed by atoms with Crippen LogP contribution in [0, 0.1) is 0 Å². The average Bonchev–Trinajstić information content (AvgIpc) is 2.83. The molecular weight excluding hydrogens is 206 g/mol. The van der Waals surface area contributed by atoms with Gasteiger partial charge in [0.2, 0.25) is 0 Å². The van der Waals surface area contributed by atoms with E-state index in [0.717, 1.165) is 0 Å². The van der Waals surface area contributed by atoms with Crippen molar-refractivity contribution in [1.82, 2.24) is 25.1 Å². The lowest BCUT2D eigenvalue weighted by atomic mass is 10.3. The van der Waals surface area contributed by atoms with Crippen LogP contribution in [-0.2, 0) is 0 Å². The van der Waals surface area contributed by atoms with Gasteiger partial charge < -0.3 is 5.32 Å². The van der Waals surface area contributed by atoms with E-state index in [-0.39, 0.29) is 5.91 Å². The monoisotopic (exact) mass is 217 g/mol. The van der Waals surface area contributed by atoms with Crippen LogP contribution in [0.4, 0.5) is 0 Å². The molecule has 2 rings (SSSR count). The highest BCUT2D eigenvalue weighted by Crippen LogP contribution is 2.02. The van der Waals surface area contributed by atoms with Gasteiger partial charge in [-0.15, -0.1) is 10.2 Å². The van der Waals surface area contributed by atoms with Crippen LogP contribution >= 0.6 is 0 Å². The van der Waals surface area contributed by atoms with Crippen molar-refractivity contribution in [1.29, 1.82) is 0 Å². The van der Waals surface area contributed by atoms with Crippen molar-refractivity contribution in [3.63, 3.8) is 0 Å². The van der Waals surface area contributed by atoms with E-state index >= 15 is 0 Å². The minimum atomic E-state index is -0.216. The molecule has 0 aromatic carbocycles. The van der Waals surface area contributed by atoms with Gasteiger partial charge in [0.05, 0.1) is 0 Å². The van der Waals surface area contributed by atoms with Crippen molar-refractivity contribution in [3.05, 3.63) is 36.5 Å². The largest absolute Gasteiger partial charge is 0.351 e. The minimum absolute atomic E-state index is 0.216. The predicted molar refractivity (Wildman–Crippen MR) is 57.2 cm³/mol. The molecule has 1 amide bonds. The molecule has 2 aromatic rings. The van der Waals surface area contributed by atoms with E-state index < -0.39 is 0 Å². The van der Waals surface area contributed by atoms with E-state index in [2.05, 4.69) is 20.5 Å². The van der Waals surface area contributed by atoms with E-state index in [1.54, 1.807) is 35.4 Å². The molecule has 0 atom stereocenters. The molecule has 0 aliphatic heterocycles. The first kappa shape index (κ1) is 10.3. The Labute approximate surface area is 92.3 Å². The van der Waals surface area contributed by atoms with Crippen LogP contribution < -0.4 is 5.32 Å². The normalized spacial score (nSPS) is 10.1. The minimum Gasteiger partial charge on any atom is -0.351 e. The van der Waals surface area contributed by atoms with Crippen LogP contribution in [0.25, 0.3) is 5.82 Å². The molecule has 0 radical (unpaired) electrons. The number of imidazole rings is 1. The second-order valence-electron chi connectivity index (χ2n) is 3.11. The van der Waals surface area contributed by atoms with Crippen LogP contribution in [0.15, 0.2) is 30.9 Å². The Morgan fingerprint density at radius 1 is 1.44 bits per heavy atom. The summed E-state index contributed by atoms with van der Waals surface area (Å²) >= 11 is 0. The Balaban J connectivity index is 2.20. The Kier molecular flexibility index (Phi) is 2.90. The summed E-state index contributed by atoms with van der Waals surface area (Å²) in [4.78, 5) is 15.3. The predicted octanol–water partition coefficient (Wildman–Crippen LogP) is 0.412. The van der Waals surface area contributed by atoms with E-state index in [0.29, 0.717) is 18.1 Å². The second kappa shape index (κ2) is 4.52. The molecule has 16 heavy (non-hydrogen) atoms. The molecule has 0 saturated carbocycles. The van der Waals surface area contributed by atoms with Crippen LogP contribution in [0.3, 0.4) is 0 Å². The van der Waals surface area contributed by atoms with Gasteiger partial charge in [-0.05, 0) is 19.1 Å². The first-order valence-electron chi connectivity index (χ1n) is 4.91. The quantitative estimate of drug-likeness (QED) is 0.808. The Bertz CT molecular complexity index is 462. The molecule has 2 heterocycles. The fourth-order valence-corrected chi connectivity index (χ4v) is 1.23. The zero-order valence-corrected chi connectivity index (χ0v) is 8.79. The number of nitrogens with one attached hydrogen (secondary N) is 1. The topological polar surface area (TPSA) is 72.7 Å². The summed E-state index contributed by atoms with van der Waals surface area (Å²) in [5.74, 6) is 0.415. The highest BCUT2D eigenvalue weighted by atomic mass is 16.1. The Morgan fingerprint density at radius 3 is 2.88 bits per heavy atom. The van der Waals surface area contributed by atoms with Crippen molar-refractivity contribution < 1.29 is 4.79 Å². The first-order valence-corrected chi connectivity index (χ1v) is 4.91. The third-order valence-electron chi connectivity index (χ3n) is 1.99. The lowest BCUT2D eigenvalue weighted by Crippen LogP contribution is -2.24. The fourth-order valence-electron chi connectivity index (χ4n) is 1.23. The maximum atomic E-state index is 11.4. The maximum absolute atomic E-state index is 11.4. The molecule has 1 N–H and O–H groups in total. The number of nitrogens with zero attached hydrogens (tertiary/aromatic N) is 4. The van der Waals surface area contributed by atoms with Crippen molar-refractivity contribution in [3.8, 4) is 5.82 Å². The SMILES string of the molecule is CCNC(=O)c1ccc(-n2ccnc2)nn1. The zero-order chi connectivity index (χ0) is 11.4. The third kappa shape index (κ3) is 2.05. The number of hydrogen-bond acceptors (Lipinski definition) is 4. The molecule has 0 aliphatic carbocycles. The molecule has 0 bridgehead atoms. The molecule has 0 aliphatic rings. The van der Waals surface area contributed by atoms with Gasteiger partial charge in [0.15, 0.2) is 11.5 Å². The Hall–Kier alpha value is -2.24. The molecule has 6 heteroatoms. The van der Waals surface area contributed by atoms with Gasteiger partial charge in [-0.3, -0.25) is 9.36 Å². The van der Waals surface area contributed by atoms with Crippen LogP contribution in [0.5, 0.6) is 0 Å². The summed E-state index contributed by atoms with van der Waals surface area (Å²) in [6.07, 6.45) is 5.03. The van der Waals surface area contributed by atoms with Gasteiger partial charge in [0.25, 0.3) is 5.91 Å². The molecule has 0 unspecified atom stereocenters. The van der Waals surface area contributed by atoms with Gasteiger partial charge in [0, 0.05) is 18.9 Å². The number of amides is 1. The standard InChI is InChI=1S/C10H11N5O/c1-2-12-10(16)8-3-4-9(14-13-8)15-6-5-11-7-15/h3-7H,2H2,1H3,(H,12,16). The van der Waals surface area contributed by atoms with E-state index in [1.807, 2.05) is 6.92 Å². The number of carbonyl (C=O) groups excluding carboxylic acids is 1. The number of aromatic nitrogens is 4. The smallest absolute Gasteiger partial charge is 0.271 e. The molecule has 82 valence electrons. The van der Waals surface area contributed by atoms with Gasteiger partial charge >= 0.3 is 0 Å². The highest BCUT2D eigenvalue weighted by Gasteiger charge is 2.06. The number of carbonyl (C=O) groups is 1. The van der Waals surface area contributed by atoms with Gasteiger partial charge in [0.1, 0.15) is 6.33 Å². The summed E-state index contributed by atoms with van der Waals surface area (Å²) < 4.78 is 1.72. The molecule has 2 aromatic heterocycles. The zero-order valence-electron chi connectivity index (χ0n) is 8.79. The summed E-state index contributed by atoms with van der Waals surface area (Å²) in [5, 5.41) is 10.4. The number of rotatable bonds is 3. The molecule has 6 nitrogen and oxygen atoms in total. The lowest BCUT2D eigenvalue weighted by molar-refractivity contribution is 0.0950. The second-order valence-corrected chi connectivity index (χ2v) is 3.11. The van der Waals surface area contributed by atoms with Crippen LogP contribution in [0.1, 0.15) is 17.4 Å². The Morgan fingerprint density at radius 2 is 2.31 bits per heavy atom. The van der Waals surface area contributed by atoms with E-state index in [4.69, 9.17) is 0 Å². The third-order valence-corrected chi connectivity index (χ3v) is 1.99. The van der Waals surface area contributed by atoms with Gasteiger partial charge in [-0.25, -0.2) is 4.98 Å². The van der Waals surface area contributed by atoms with E-state index in [9.17, 15) is 4.79 Å². The first-order chi connectivity index (χ1) is 7.81. The molecule has 0 saturated heterocycles. The summed E-state index contributed by atoms with van der Waals surface area (Å²) in [6.45, 7) is 2.43. The summed E-state index contributed by atoms with van der Waals surface area (Å²) in [7, 11) is 0. The average molecular weight is 217 g/mol. The highest BCUT2D eigenvalue weighted by molar-refractivity contribution is 5.92. The summed E-state index contributed by atoms with van der Waals surface area (Å²) in [5.41, 5.74) is 0.311. The summed E-state index contributed by atoms with van der Waals surface area (Å²) in [6, 6.07) is 3.35. The van der Waals surface area contributed by atoms with Crippen molar-refractivity contribution in [2.75, 3.05) is 6.54 Å². The van der Waals surface area contributed by atoms with Crippen LogP contribution in [-0.4, -0.2) is 32.2 Å². The number of hydrogen-bond donors (Lipinski definition) is 1. The fraction of sp³-hybridized carbons (Fsp3) is 0.200. The van der Waals surface area contributed by atoms with Crippen molar-refractivity contribution in [2.24, 2.45) is 0 Å². The van der Waals surface area contributed by atoms with Crippen molar-refractivity contribution >= 4 is 5.91 Å². The van der Waals surface area contributed by atoms with Crippen molar-refractivity contribution in [2.45, 2.75) is 6.92 Å². The van der Waals surface area contributed by atoms with E-state index in [1.165, 1.54) is 0 Å². The molecule has 0 spiro atoms. The molecular formula is C10H11N5O. The molecule has 0 fully saturated rings. The maximum Gasteiger partial charge on any atom is 0.271 e. The van der Waals surface area contributed by atoms with Crippen LogP contribution in [0.2, 0.25) is 0 Å². The van der Waals surface area contributed by atoms with Gasteiger partial charge in [-0.1, -0.05) is 0 Å². The van der Waals surface area contributed by atoms with Gasteiger partial charge in [-0.2, -0.15) is 0 Å². The lowest BCUT2D eigenvalue weighted by Gasteiger charge is -2.02.